The van der Waals surface area contributed by atoms with E-state index in [1.807, 2.05) is 32.9 Å². The summed E-state index contributed by atoms with van der Waals surface area (Å²) in [7, 11) is -3.57. The van der Waals surface area contributed by atoms with Crippen molar-refractivity contribution >= 4 is 39.1 Å². The first kappa shape index (κ1) is 24.1. The van der Waals surface area contributed by atoms with Crippen molar-refractivity contribution < 1.29 is 13.2 Å². The third-order valence-corrected chi connectivity index (χ3v) is 8.29. The van der Waals surface area contributed by atoms with Gasteiger partial charge in [-0.25, -0.2) is 12.7 Å². The number of halogens is 2. The largest absolute Gasteiger partial charge is 0.349 e. The lowest BCUT2D eigenvalue weighted by molar-refractivity contribution is -0.126. The van der Waals surface area contributed by atoms with Crippen molar-refractivity contribution in [1.82, 2.24) is 9.62 Å². The van der Waals surface area contributed by atoms with Crippen LogP contribution in [0.15, 0.2) is 36.4 Å². The fraction of sp³-hybridized carbons (Fsp3) is 0.435. The summed E-state index contributed by atoms with van der Waals surface area (Å²) in [4.78, 5) is 12.9. The molecular weight excluding hydrogens is 455 g/mol. The fourth-order valence-electron chi connectivity index (χ4n) is 4.06. The standard InChI is InChI=1S/C23H28Cl2N2O3S/c1-15-6-8-20(16(2)11-15)17(3)26-23(28)19-5-4-10-27(13-19)31(29,30)14-18-7-9-21(24)22(25)12-18/h6-9,11-12,17,19H,4-5,10,13-14H2,1-3H3,(H,26,28)/t17-,19-/m0/s1. The van der Waals surface area contributed by atoms with Gasteiger partial charge in [-0.3, -0.25) is 4.79 Å². The van der Waals surface area contributed by atoms with Crippen LogP contribution in [-0.2, 0) is 20.6 Å². The number of sulfonamides is 1. The molecule has 168 valence electrons. The number of piperidine rings is 1. The summed E-state index contributed by atoms with van der Waals surface area (Å²) in [6.07, 6.45) is 1.32. The fourth-order valence-corrected chi connectivity index (χ4v) is 5.98. The van der Waals surface area contributed by atoms with E-state index in [9.17, 15) is 13.2 Å². The molecule has 0 bridgehead atoms. The maximum atomic E-state index is 13.0. The average molecular weight is 483 g/mol. The minimum absolute atomic E-state index is 0.109. The molecule has 5 nitrogen and oxygen atoms in total. The number of hydrogen-bond acceptors (Lipinski definition) is 3. The van der Waals surface area contributed by atoms with Crippen LogP contribution < -0.4 is 5.32 Å². The topological polar surface area (TPSA) is 66.5 Å². The highest BCUT2D eigenvalue weighted by atomic mass is 35.5. The second-order valence-electron chi connectivity index (χ2n) is 8.29. The van der Waals surface area contributed by atoms with Crippen LogP contribution in [0.4, 0.5) is 0 Å². The van der Waals surface area contributed by atoms with Crippen LogP contribution >= 0.6 is 23.2 Å². The van der Waals surface area contributed by atoms with E-state index in [-0.39, 0.29) is 30.2 Å². The number of carbonyl (C=O) groups excluding carboxylic acids is 1. The molecule has 0 radical (unpaired) electrons. The van der Waals surface area contributed by atoms with Crippen LogP contribution in [0.3, 0.4) is 0 Å². The normalized spacial score (nSPS) is 18.5. The molecule has 0 spiro atoms. The van der Waals surface area contributed by atoms with Crippen LogP contribution in [0, 0.1) is 19.8 Å². The Balaban J connectivity index is 1.66. The van der Waals surface area contributed by atoms with E-state index in [4.69, 9.17) is 23.2 Å². The van der Waals surface area contributed by atoms with Gasteiger partial charge in [0.15, 0.2) is 0 Å². The zero-order chi connectivity index (χ0) is 22.8. The number of benzene rings is 2. The third kappa shape index (κ3) is 6.01. The first-order chi connectivity index (χ1) is 14.6. The number of carbonyl (C=O) groups is 1. The van der Waals surface area contributed by atoms with Gasteiger partial charge in [-0.05, 0) is 62.4 Å². The smallest absolute Gasteiger partial charge is 0.224 e. The molecule has 0 unspecified atom stereocenters. The van der Waals surface area contributed by atoms with E-state index < -0.39 is 10.0 Å². The number of nitrogens with zero attached hydrogens (tertiary/aromatic N) is 1. The van der Waals surface area contributed by atoms with E-state index in [1.165, 1.54) is 9.87 Å². The van der Waals surface area contributed by atoms with Gasteiger partial charge >= 0.3 is 0 Å². The van der Waals surface area contributed by atoms with Gasteiger partial charge in [0, 0.05) is 13.1 Å². The summed E-state index contributed by atoms with van der Waals surface area (Å²) < 4.78 is 27.3. The number of rotatable bonds is 6. The molecule has 2 aromatic carbocycles. The Morgan fingerprint density at radius 3 is 2.58 bits per heavy atom. The van der Waals surface area contributed by atoms with Gasteiger partial charge in [0.05, 0.1) is 27.8 Å². The predicted molar refractivity (Wildman–Crippen MR) is 126 cm³/mol. The Bertz CT molecular complexity index is 1070. The second-order valence-corrected chi connectivity index (χ2v) is 11.1. The Morgan fingerprint density at radius 2 is 1.90 bits per heavy atom. The quantitative estimate of drug-likeness (QED) is 0.627. The first-order valence-corrected chi connectivity index (χ1v) is 12.7. The van der Waals surface area contributed by atoms with Crippen molar-refractivity contribution in [2.75, 3.05) is 13.1 Å². The Hall–Kier alpha value is -1.60. The molecule has 1 N–H and O–H groups in total. The molecule has 1 heterocycles. The first-order valence-electron chi connectivity index (χ1n) is 10.4. The Labute approximate surface area is 194 Å². The summed E-state index contributed by atoms with van der Waals surface area (Å²) in [5.74, 6) is -0.649. The summed E-state index contributed by atoms with van der Waals surface area (Å²) in [5, 5.41) is 3.78. The molecule has 1 fully saturated rings. The van der Waals surface area contributed by atoms with Gasteiger partial charge in [0.2, 0.25) is 15.9 Å². The molecule has 3 rings (SSSR count). The van der Waals surface area contributed by atoms with Crippen LogP contribution in [-0.4, -0.2) is 31.7 Å². The van der Waals surface area contributed by atoms with E-state index >= 15 is 0 Å². The lowest BCUT2D eigenvalue weighted by Gasteiger charge is -2.32. The Morgan fingerprint density at radius 1 is 1.16 bits per heavy atom. The molecule has 31 heavy (non-hydrogen) atoms. The van der Waals surface area contributed by atoms with E-state index in [0.717, 1.165) is 11.1 Å². The molecule has 1 aliphatic rings. The average Bonchev–Trinajstić information content (AvgIpc) is 2.70. The number of nitrogens with one attached hydrogen (secondary N) is 1. The number of hydrogen-bond donors (Lipinski definition) is 1. The molecule has 0 saturated carbocycles. The highest BCUT2D eigenvalue weighted by Crippen LogP contribution is 2.27. The highest BCUT2D eigenvalue weighted by Gasteiger charge is 2.33. The lowest BCUT2D eigenvalue weighted by Crippen LogP contribution is -2.46. The van der Waals surface area contributed by atoms with Crippen molar-refractivity contribution in [3.8, 4) is 0 Å². The van der Waals surface area contributed by atoms with Gasteiger partial charge in [0.1, 0.15) is 0 Å². The molecule has 1 aliphatic heterocycles. The van der Waals surface area contributed by atoms with Crippen molar-refractivity contribution in [1.29, 1.82) is 0 Å². The Kier molecular flexibility index (Phi) is 7.68. The number of amides is 1. The van der Waals surface area contributed by atoms with Crippen LogP contribution in [0.5, 0.6) is 0 Å². The van der Waals surface area contributed by atoms with Crippen LogP contribution in [0.2, 0.25) is 10.0 Å². The minimum Gasteiger partial charge on any atom is -0.349 e. The third-order valence-electron chi connectivity index (χ3n) is 5.73. The summed E-state index contributed by atoms with van der Waals surface area (Å²) in [6.45, 7) is 6.63. The predicted octanol–water partition coefficient (Wildman–Crippen LogP) is 5.03. The van der Waals surface area contributed by atoms with Crippen molar-refractivity contribution in [2.45, 2.75) is 45.4 Å². The van der Waals surface area contributed by atoms with Gasteiger partial charge in [-0.15, -0.1) is 0 Å². The van der Waals surface area contributed by atoms with Gasteiger partial charge in [-0.1, -0.05) is 53.0 Å². The summed E-state index contributed by atoms with van der Waals surface area (Å²) >= 11 is 11.9. The van der Waals surface area contributed by atoms with Crippen molar-refractivity contribution in [3.63, 3.8) is 0 Å². The molecule has 0 aromatic heterocycles. The molecular formula is C23H28Cl2N2O3S. The molecule has 1 saturated heterocycles. The van der Waals surface area contributed by atoms with Gasteiger partial charge in [0.25, 0.3) is 0 Å². The highest BCUT2D eigenvalue weighted by molar-refractivity contribution is 7.88. The maximum absolute atomic E-state index is 13.0. The minimum atomic E-state index is -3.57. The molecule has 0 aliphatic carbocycles. The van der Waals surface area contributed by atoms with Crippen LogP contribution in [0.25, 0.3) is 0 Å². The molecule has 2 atom stereocenters. The monoisotopic (exact) mass is 482 g/mol. The zero-order valence-electron chi connectivity index (χ0n) is 18.0. The van der Waals surface area contributed by atoms with E-state index in [2.05, 4.69) is 11.4 Å². The van der Waals surface area contributed by atoms with Crippen molar-refractivity contribution in [2.24, 2.45) is 5.92 Å². The maximum Gasteiger partial charge on any atom is 0.224 e. The second kappa shape index (κ2) is 9.90. The summed E-state index contributed by atoms with van der Waals surface area (Å²) in [5.41, 5.74) is 3.94. The van der Waals surface area contributed by atoms with Gasteiger partial charge in [-0.2, -0.15) is 0 Å². The van der Waals surface area contributed by atoms with E-state index in [0.29, 0.717) is 35.0 Å². The molecule has 8 heteroatoms. The summed E-state index contributed by atoms with van der Waals surface area (Å²) in [6, 6.07) is 10.8. The number of aryl methyl sites for hydroxylation is 2. The lowest BCUT2D eigenvalue weighted by atomic mass is 9.96. The van der Waals surface area contributed by atoms with E-state index in [1.54, 1.807) is 18.2 Å². The van der Waals surface area contributed by atoms with Crippen LogP contribution in [0.1, 0.15) is 48.1 Å². The van der Waals surface area contributed by atoms with Gasteiger partial charge < -0.3 is 5.32 Å². The van der Waals surface area contributed by atoms with Crippen molar-refractivity contribution in [3.05, 3.63) is 68.7 Å². The SMILES string of the molecule is Cc1ccc([C@H](C)NC(=O)[C@H]2CCCN(S(=O)(=O)Cc3ccc(Cl)c(Cl)c3)C2)c(C)c1. The molecule has 1 amide bonds. The zero-order valence-corrected chi connectivity index (χ0v) is 20.3. The molecule has 2 aromatic rings.